The van der Waals surface area contributed by atoms with Crippen LogP contribution in [-0.4, -0.2) is 33.9 Å². The molecule has 1 aliphatic heterocycles. The van der Waals surface area contributed by atoms with E-state index in [-0.39, 0.29) is 11.2 Å². The molecule has 0 aromatic heterocycles. The van der Waals surface area contributed by atoms with Crippen molar-refractivity contribution in [2.75, 3.05) is 25.5 Å². The molecule has 1 fully saturated rings. The maximum absolute atomic E-state index is 11.7. The van der Waals surface area contributed by atoms with Gasteiger partial charge in [0.15, 0.2) is 9.84 Å². The number of ether oxygens (including phenoxy) is 1. The highest BCUT2D eigenvalue weighted by Gasteiger charge is 2.39. The molecule has 100 valence electrons. The fourth-order valence-electron chi connectivity index (χ4n) is 2.26. The number of hydrogen-bond acceptors (Lipinski definition) is 4. The molecule has 0 saturated carbocycles. The molecule has 0 bridgehead atoms. The second-order valence-electron chi connectivity index (χ2n) is 4.74. The Balaban J connectivity index is 2.27. The monoisotopic (exact) mass is 269 g/mol. The van der Waals surface area contributed by atoms with Crippen molar-refractivity contribution in [1.29, 1.82) is 0 Å². The van der Waals surface area contributed by atoms with E-state index < -0.39 is 9.84 Å². The Kier molecular flexibility index (Phi) is 3.75. The van der Waals surface area contributed by atoms with Crippen molar-refractivity contribution < 1.29 is 13.2 Å². The van der Waals surface area contributed by atoms with Gasteiger partial charge in [0, 0.05) is 5.41 Å². The van der Waals surface area contributed by atoms with E-state index in [1.165, 1.54) is 0 Å². The second kappa shape index (κ2) is 4.99. The molecule has 4 nitrogen and oxygen atoms in total. The molecule has 1 aromatic carbocycles. The average Bonchev–Trinajstić information content (AvgIpc) is 2.34. The van der Waals surface area contributed by atoms with Crippen LogP contribution in [0, 0.1) is 0 Å². The minimum atomic E-state index is -3.12. The van der Waals surface area contributed by atoms with Gasteiger partial charge in [-0.1, -0.05) is 19.1 Å². The molecule has 0 spiro atoms. The lowest BCUT2D eigenvalue weighted by molar-refractivity contribution is -0.0631. The van der Waals surface area contributed by atoms with Gasteiger partial charge in [-0.25, -0.2) is 8.42 Å². The van der Waals surface area contributed by atoms with Crippen LogP contribution in [0.15, 0.2) is 29.2 Å². The van der Waals surface area contributed by atoms with Crippen molar-refractivity contribution >= 4 is 9.84 Å². The van der Waals surface area contributed by atoms with Crippen molar-refractivity contribution in [3.8, 4) is 0 Å². The number of rotatable bonds is 5. The van der Waals surface area contributed by atoms with Crippen LogP contribution in [0.1, 0.15) is 18.9 Å². The third-order valence-electron chi connectivity index (χ3n) is 3.59. The summed E-state index contributed by atoms with van der Waals surface area (Å²) in [6, 6.07) is 7.15. The Morgan fingerprint density at radius 1 is 1.28 bits per heavy atom. The molecule has 2 rings (SSSR count). The van der Waals surface area contributed by atoms with Gasteiger partial charge in [0.25, 0.3) is 0 Å². The lowest BCUT2D eigenvalue weighted by Crippen LogP contribution is -2.48. The maximum atomic E-state index is 11.7. The standard InChI is InChI=1S/C13H19NO3S/c1-2-18(15,16)12-5-3-11(4-6-12)13(7-8-14)9-17-10-13/h3-6H,2,7-10,14H2,1H3. The van der Waals surface area contributed by atoms with Crippen LogP contribution in [0.5, 0.6) is 0 Å². The van der Waals surface area contributed by atoms with Gasteiger partial charge < -0.3 is 10.5 Å². The molecule has 0 amide bonds. The van der Waals surface area contributed by atoms with Crippen LogP contribution in [0.25, 0.3) is 0 Å². The summed E-state index contributed by atoms with van der Waals surface area (Å²) in [4.78, 5) is 0.386. The average molecular weight is 269 g/mol. The Hall–Kier alpha value is -0.910. The Labute approximate surface area is 108 Å². The molecule has 2 N–H and O–H groups in total. The zero-order chi connectivity index (χ0) is 13.2. The smallest absolute Gasteiger partial charge is 0.178 e. The predicted molar refractivity (Wildman–Crippen MR) is 70.3 cm³/mol. The first-order valence-corrected chi connectivity index (χ1v) is 7.80. The third kappa shape index (κ3) is 2.30. The van der Waals surface area contributed by atoms with Crippen LogP contribution < -0.4 is 5.73 Å². The van der Waals surface area contributed by atoms with Gasteiger partial charge in [0.1, 0.15) is 0 Å². The van der Waals surface area contributed by atoms with Crippen LogP contribution in [0.4, 0.5) is 0 Å². The fraction of sp³-hybridized carbons (Fsp3) is 0.538. The zero-order valence-corrected chi connectivity index (χ0v) is 11.4. The predicted octanol–water partition coefficient (Wildman–Crippen LogP) is 1.10. The van der Waals surface area contributed by atoms with Crippen LogP contribution >= 0.6 is 0 Å². The van der Waals surface area contributed by atoms with E-state index in [0.29, 0.717) is 24.7 Å². The van der Waals surface area contributed by atoms with Crippen molar-refractivity contribution in [2.24, 2.45) is 5.73 Å². The molecule has 0 aliphatic carbocycles. The Bertz CT molecular complexity index is 504. The minimum Gasteiger partial charge on any atom is -0.379 e. The van der Waals surface area contributed by atoms with Crippen molar-refractivity contribution in [2.45, 2.75) is 23.7 Å². The van der Waals surface area contributed by atoms with Crippen molar-refractivity contribution in [3.05, 3.63) is 29.8 Å². The number of benzene rings is 1. The maximum Gasteiger partial charge on any atom is 0.178 e. The fourth-order valence-corrected chi connectivity index (χ4v) is 3.15. The lowest BCUT2D eigenvalue weighted by atomic mass is 9.76. The zero-order valence-electron chi connectivity index (χ0n) is 10.6. The summed E-state index contributed by atoms with van der Waals surface area (Å²) in [6.07, 6.45) is 0.868. The van der Waals surface area contributed by atoms with Gasteiger partial charge in [-0.15, -0.1) is 0 Å². The van der Waals surface area contributed by atoms with Gasteiger partial charge >= 0.3 is 0 Å². The van der Waals surface area contributed by atoms with Gasteiger partial charge in [-0.2, -0.15) is 0 Å². The Morgan fingerprint density at radius 2 is 1.89 bits per heavy atom. The molecule has 5 heteroatoms. The van der Waals surface area contributed by atoms with E-state index in [1.54, 1.807) is 19.1 Å². The highest BCUT2D eigenvalue weighted by molar-refractivity contribution is 7.91. The lowest BCUT2D eigenvalue weighted by Gasteiger charge is -2.42. The van der Waals surface area contributed by atoms with E-state index in [9.17, 15) is 8.42 Å². The van der Waals surface area contributed by atoms with E-state index in [2.05, 4.69) is 0 Å². The summed E-state index contributed by atoms with van der Waals surface area (Å²) in [5.41, 5.74) is 6.74. The quantitative estimate of drug-likeness (QED) is 0.869. The van der Waals surface area contributed by atoms with Crippen molar-refractivity contribution in [1.82, 2.24) is 0 Å². The largest absolute Gasteiger partial charge is 0.379 e. The molecular formula is C13H19NO3S. The highest BCUT2D eigenvalue weighted by Crippen LogP contribution is 2.35. The van der Waals surface area contributed by atoms with Crippen LogP contribution in [-0.2, 0) is 20.0 Å². The number of hydrogen-bond donors (Lipinski definition) is 1. The molecule has 0 unspecified atom stereocenters. The van der Waals surface area contributed by atoms with Gasteiger partial charge in [-0.05, 0) is 30.7 Å². The molecule has 1 heterocycles. The third-order valence-corrected chi connectivity index (χ3v) is 5.34. The first kappa shape index (κ1) is 13.5. The van der Waals surface area contributed by atoms with Gasteiger partial charge in [0.05, 0.1) is 23.9 Å². The van der Waals surface area contributed by atoms with E-state index >= 15 is 0 Å². The van der Waals surface area contributed by atoms with Gasteiger partial charge in [0.2, 0.25) is 0 Å². The summed E-state index contributed by atoms with van der Waals surface area (Å²) in [5.74, 6) is 0.128. The normalized spacial score (nSPS) is 18.3. The molecule has 1 aliphatic rings. The number of nitrogens with two attached hydrogens (primary N) is 1. The van der Waals surface area contributed by atoms with Crippen LogP contribution in [0.3, 0.4) is 0 Å². The molecular weight excluding hydrogens is 250 g/mol. The molecule has 0 radical (unpaired) electrons. The Morgan fingerprint density at radius 3 is 2.28 bits per heavy atom. The van der Waals surface area contributed by atoms with E-state index in [0.717, 1.165) is 12.0 Å². The highest BCUT2D eigenvalue weighted by atomic mass is 32.2. The summed E-state index contributed by atoms with van der Waals surface area (Å²) in [6.45, 7) is 3.60. The minimum absolute atomic E-state index is 0.0107. The summed E-state index contributed by atoms with van der Waals surface area (Å²) >= 11 is 0. The number of sulfone groups is 1. The summed E-state index contributed by atoms with van der Waals surface area (Å²) in [7, 11) is -3.12. The SMILES string of the molecule is CCS(=O)(=O)c1ccc(C2(CCN)COC2)cc1. The first-order valence-electron chi connectivity index (χ1n) is 6.15. The summed E-state index contributed by atoms with van der Waals surface area (Å²) in [5, 5.41) is 0. The summed E-state index contributed by atoms with van der Waals surface area (Å²) < 4.78 is 28.7. The molecule has 1 saturated heterocycles. The molecule has 1 aromatic rings. The topological polar surface area (TPSA) is 69.4 Å². The second-order valence-corrected chi connectivity index (χ2v) is 7.02. The first-order chi connectivity index (χ1) is 8.54. The van der Waals surface area contributed by atoms with Gasteiger partial charge in [-0.3, -0.25) is 0 Å². The molecule has 0 atom stereocenters. The van der Waals surface area contributed by atoms with Crippen LogP contribution in [0.2, 0.25) is 0 Å². The van der Waals surface area contributed by atoms with E-state index in [1.807, 2.05) is 12.1 Å². The molecule has 18 heavy (non-hydrogen) atoms. The van der Waals surface area contributed by atoms with Crippen molar-refractivity contribution in [3.63, 3.8) is 0 Å². The van der Waals surface area contributed by atoms with E-state index in [4.69, 9.17) is 10.5 Å².